The van der Waals surface area contributed by atoms with Crippen LogP contribution in [0.4, 0.5) is 0 Å². The summed E-state index contributed by atoms with van der Waals surface area (Å²) in [5.41, 5.74) is 0. The molecule has 4 heteroatoms. The van der Waals surface area contributed by atoms with Crippen molar-refractivity contribution in [3.63, 3.8) is 0 Å². The minimum atomic E-state index is 0. The van der Waals surface area contributed by atoms with E-state index in [0.717, 1.165) is 0 Å². The molecular weight excluding hydrogens is 296 g/mol. The summed E-state index contributed by atoms with van der Waals surface area (Å²) >= 11 is 0. The Bertz CT molecular complexity index is 6.00. The molecule has 0 unspecified atom stereocenters. The zero-order valence-corrected chi connectivity index (χ0v) is 10.5. The molecule has 0 aromatic heterocycles. The van der Waals surface area contributed by atoms with Gasteiger partial charge in [0.05, 0.1) is 0 Å². The van der Waals surface area contributed by atoms with Crippen LogP contribution in [0.15, 0.2) is 0 Å². The van der Waals surface area contributed by atoms with E-state index in [-0.39, 0.29) is 71.2 Å². The Labute approximate surface area is 70.5 Å². The van der Waals surface area contributed by atoms with E-state index in [1.54, 1.807) is 0 Å². The molecule has 0 aliphatic carbocycles. The van der Waals surface area contributed by atoms with Gasteiger partial charge in [-0.3, -0.25) is 0 Å². The zero-order valence-electron chi connectivity index (χ0n) is 2.02. The Morgan fingerprint density at radius 1 is 0.750 bits per heavy atom. The van der Waals surface area contributed by atoms with Crippen LogP contribution in [-0.2, 0) is 19.5 Å². The van der Waals surface area contributed by atoms with Crippen molar-refractivity contribution in [3.8, 4) is 0 Å². The van der Waals surface area contributed by atoms with Crippen molar-refractivity contribution in [2.45, 2.75) is 0 Å². The normalized spacial score (nSPS) is 0. The van der Waals surface area contributed by atoms with E-state index < -0.39 is 0 Å². The Balaban J connectivity index is 0. The van der Waals surface area contributed by atoms with Crippen LogP contribution in [0.5, 0.6) is 0 Å². The van der Waals surface area contributed by atoms with Crippen molar-refractivity contribution in [1.82, 2.24) is 0 Å². The Morgan fingerprint density at radius 3 is 0.750 bits per heavy atom. The first-order valence-electron chi connectivity index (χ1n) is 0. The van der Waals surface area contributed by atoms with Gasteiger partial charge in [-0.15, -0.1) is 0 Å². The molecule has 20 valence electrons. The fourth-order valence-corrected chi connectivity index (χ4v) is 0. The van der Waals surface area contributed by atoms with E-state index in [1.807, 2.05) is 0 Å². The van der Waals surface area contributed by atoms with Gasteiger partial charge in [0, 0.05) is 17.6 Å². The molecule has 0 spiro atoms. The van der Waals surface area contributed by atoms with Crippen LogP contribution in [0.2, 0.25) is 0 Å². The fraction of sp³-hybridized carbons (Fsp3) is 0. The second-order valence-electron chi connectivity index (χ2n) is 0. The van der Waals surface area contributed by atoms with E-state index in [4.69, 9.17) is 0 Å². The second kappa shape index (κ2) is 18.9. The summed E-state index contributed by atoms with van der Waals surface area (Å²) < 4.78 is 0. The predicted molar refractivity (Wildman–Crippen MR) is 17.3 cm³/mol. The van der Waals surface area contributed by atoms with Crippen LogP contribution in [0, 0.1) is 0 Å². The van der Waals surface area contributed by atoms with Gasteiger partial charge < -0.3 is 34.1 Å². The molecule has 0 rings (SSSR count). The standard InChI is InChI=1S/Ge.2Se.Zn/q;2*-2;+2. The third-order valence-electron chi connectivity index (χ3n) is 0. The van der Waals surface area contributed by atoms with Gasteiger partial charge in [0.15, 0.2) is 0 Å². The van der Waals surface area contributed by atoms with Gasteiger partial charge in [0.25, 0.3) is 0 Å². The van der Waals surface area contributed by atoms with Crippen molar-refractivity contribution in [2.75, 3.05) is 0 Å². The van der Waals surface area contributed by atoms with Crippen molar-refractivity contribution in [1.29, 1.82) is 0 Å². The Kier molecular flexibility index (Phi) is 164. The van der Waals surface area contributed by atoms with Gasteiger partial charge in [0.2, 0.25) is 0 Å². The molecule has 0 bridgehead atoms. The van der Waals surface area contributed by atoms with Gasteiger partial charge in [0.1, 0.15) is 0 Å². The SMILES string of the molecule is [Ge].[Se-2].[Se-2].[Zn+2]. The first-order chi connectivity index (χ1) is 0. The summed E-state index contributed by atoms with van der Waals surface area (Å²) in [5.74, 6) is 0. The molecule has 0 fully saturated rings. The Hall–Kier alpha value is 2.21. The number of rotatable bonds is 0. The molecule has 0 N–H and O–H groups in total. The molecule has 0 atom stereocenters. The molecule has 0 saturated heterocycles. The predicted octanol–water partition coefficient (Wildman–Crippen LogP) is -1.14. The van der Waals surface area contributed by atoms with Gasteiger partial charge in [-0.25, -0.2) is 0 Å². The molecule has 0 heterocycles. The van der Waals surface area contributed by atoms with Crippen LogP contribution in [0.1, 0.15) is 0 Å². The van der Waals surface area contributed by atoms with Crippen molar-refractivity contribution < 1.29 is 19.5 Å². The second-order valence-corrected chi connectivity index (χ2v) is 0. The molecule has 0 aromatic rings. The molecule has 0 nitrogen and oxygen atoms in total. The fourth-order valence-electron chi connectivity index (χ4n) is 0. The topological polar surface area (TPSA) is 0 Å². The molecule has 0 aliphatic heterocycles. The minimum absolute atomic E-state index is 0. The van der Waals surface area contributed by atoms with E-state index in [0.29, 0.717) is 0 Å². The molecule has 0 amide bonds. The van der Waals surface area contributed by atoms with Crippen LogP contribution in [-0.4, -0.2) is 51.7 Å². The van der Waals surface area contributed by atoms with E-state index in [1.165, 1.54) is 0 Å². The van der Waals surface area contributed by atoms with Crippen LogP contribution < -0.4 is 0 Å². The first-order valence-corrected chi connectivity index (χ1v) is 0. The average molecular weight is 296 g/mol. The molecular formula is GeSe2Zn-2. The monoisotopic (exact) mass is 298 g/mol. The maximum absolute atomic E-state index is 0. The van der Waals surface area contributed by atoms with Crippen LogP contribution in [0.3, 0.4) is 0 Å². The average Bonchev–Trinajstić information content (AvgIpc) is 0. The molecule has 4 heavy (non-hydrogen) atoms. The molecule has 0 aliphatic rings. The minimum Gasteiger partial charge on any atom is -2.00 e. The summed E-state index contributed by atoms with van der Waals surface area (Å²) in [5, 5.41) is 0. The Morgan fingerprint density at radius 2 is 0.750 bits per heavy atom. The largest absolute Gasteiger partial charge is 2.00 e. The van der Waals surface area contributed by atoms with Gasteiger partial charge in [-0.1, -0.05) is 0 Å². The van der Waals surface area contributed by atoms with Crippen molar-refractivity contribution in [2.24, 2.45) is 0 Å². The summed E-state index contributed by atoms with van der Waals surface area (Å²) in [6.07, 6.45) is 0. The van der Waals surface area contributed by atoms with E-state index >= 15 is 0 Å². The third kappa shape index (κ3) is 8.88. The summed E-state index contributed by atoms with van der Waals surface area (Å²) in [6.45, 7) is 0. The third-order valence-corrected chi connectivity index (χ3v) is 0. The quantitative estimate of drug-likeness (QED) is 0.496. The maximum atomic E-state index is 0. The van der Waals surface area contributed by atoms with Crippen molar-refractivity contribution in [3.05, 3.63) is 0 Å². The van der Waals surface area contributed by atoms with Gasteiger partial charge >= 0.3 is 19.5 Å². The maximum Gasteiger partial charge on any atom is 2.00 e. The van der Waals surface area contributed by atoms with Gasteiger partial charge in [-0.05, 0) is 0 Å². The van der Waals surface area contributed by atoms with E-state index in [9.17, 15) is 0 Å². The van der Waals surface area contributed by atoms with E-state index in [2.05, 4.69) is 0 Å². The summed E-state index contributed by atoms with van der Waals surface area (Å²) in [4.78, 5) is 0. The molecule has 4 radical (unpaired) electrons. The number of hydrogen-bond acceptors (Lipinski definition) is 0. The summed E-state index contributed by atoms with van der Waals surface area (Å²) in [6, 6.07) is 0. The van der Waals surface area contributed by atoms with Crippen LogP contribution in [0.25, 0.3) is 0 Å². The van der Waals surface area contributed by atoms with Crippen LogP contribution >= 0.6 is 0 Å². The molecule has 0 aromatic carbocycles. The smallest absolute Gasteiger partial charge is 2.00 e. The number of hydrogen-bond donors (Lipinski definition) is 0. The summed E-state index contributed by atoms with van der Waals surface area (Å²) in [7, 11) is 0. The van der Waals surface area contributed by atoms with Crippen molar-refractivity contribution >= 4 is 51.7 Å². The molecule has 0 saturated carbocycles. The first kappa shape index (κ1) is 34.6. The zero-order chi connectivity index (χ0) is 0. The van der Waals surface area contributed by atoms with Gasteiger partial charge in [-0.2, -0.15) is 0 Å².